The number of halogens is 1. The number of benzene rings is 2. The molecule has 0 spiro atoms. The number of nitrogens with one attached hydrogen (secondary N) is 1. The first-order chi connectivity index (χ1) is 12.8. The second-order valence-corrected chi connectivity index (χ2v) is 7.01. The molecule has 0 saturated carbocycles. The van der Waals surface area contributed by atoms with E-state index in [0.717, 1.165) is 37.2 Å². The Hall–Kier alpha value is -2.30. The van der Waals surface area contributed by atoms with Gasteiger partial charge in [-0.05, 0) is 36.7 Å². The minimum absolute atomic E-state index is 0.212. The topological polar surface area (TPSA) is 47.3 Å². The molecule has 1 aliphatic heterocycles. The fraction of sp³-hybridized carbons (Fsp3) is 0.286. The number of ether oxygens (including phenoxy) is 1. The number of rotatable bonds is 6. The lowest BCUT2D eigenvalue weighted by atomic mass is 10.0. The third-order valence-electron chi connectivity index (χ3n) is 4.74. The molecule has 5 heteroatoms. The quantitative estimate of drug-likeness (QED) is 0.688. The fourth-order valence-corrected chi connectivity index (χ4v) is 3.61. The van der Waals surface area contributed by atoms with E-state index in [2.05, 4.69) is 22.4 Å². The Morgan fingerprint density at radius 2 is 2.12 bits per heavy atom. The van der Waals surface area contributed by atoms with Crippen LogP contribution >= 0.6 is 11.6 Å². The molecule has 4 rings (SSSR count). The molecule has 1 aromatic heterocycles. The Morgan fingerprint density at radius 3 is 2.85 bits per heavy atom. The predicted octanol–water partition coefficient (Wildman–Crippen LogP) is 4.65. The van der Waals surface area contributed by atoms with Gasteiger partial charge in [0.05, 0.1) is 6.20 Å². The van der Waals surface area contributed by atoms with E-state index in [1.807, 2.05) is 36.4 Å². The molecule has 0 radical (unpaired) electrons. The van der Waals surface area contributed by atoms with E-state index in [1.165, 1.54) is 5.56 Å². The number of hydrogen-bond donors (Lipinski definition) is 1. The smallest absolute Gasteiger partial charge is 0.235 e. The lowest BCUT2D eigenvalue weighted by molar-refractivity contribution is 0.113. The summed E-state index contributed by atoms with van der Waals surface area (Å²) in [4.78, 5) is 4.34. The Kier molecular flexibility index (Phi) is 5.23. The maximum absolute atomic E-state index is 6.45. The van der Waals surface area contributed by atoms with Crippen LogP contribution in [0.1, 0.15) is 29.5 Å². The first kappa shape index (κ1) is 17.1. The fourth-order valence-electron chi connectivity index (χ4n) is 3.41. The van der Waals surface area contributed by atoms with Gasteiger partial charge >= 0.3 is 0 Å². The molecule has 4 nitrogen and oxygen atoms in total. The highest BCUT2D eigenvalue weighted by Crippen LogP contribution is 2.34. The van der Waals surface area contributed by atoms with Gasteiger partial charge in [-0.2, -0.15) is 0 Å². The highest BCUT2D eigenvalue weighted by Gasteiger charge is 2.31. The average Bonchev–Trinajstić information content (AvgIpc) is 3.36. The standard InChI is InChI=1S/C21H21ClN2O2/c22-18-6-7-19(17(13-18)12-15-4-2-1-3-5-15)26-20(16-8-9-23-14-16)21-24-10-11-25-21/h1-7,10-11,13,16,20,23H,8-9,12,14H2/t16?,20-/m0/s1. The summed E-state index contributed by atoms with van der Waals surface area (Å²) in [5, 5.41) is 4.10. The summed E-state index contributed by atoms with van der Waals surface area (Å²) in [5.74, 6) is 1.78. The van der Waals surface area contributed by atoms with Crippen molar-refractivity contribution < 1.29 is 9.15 Å². The van der Waals surface area contributed by atoms with Crippen molar-refractivity contribution in [3.05, 3.63) is 83.0 Å². The molecule has 0 bridgehead atoms. The van der Waals surface area contributed by atoms with Gasteiger partial charge < -0.3 is 14.5 Å². The van der Waals surface area contributed by atoms with Gasteiger partial charge in [0.25, 0.3) is 0 Å². The van der Waals surface area contributed by atoms with E-state index >= 15 is 0 Å². The van der Waals surface area contributed by atoms with Crippen LogP contribution in [0, 0.1) is 5.92 Å². The predicted molar refractivity (Wildman–Crippen MR) is 102 cm³/mol. The molecule has 1 saturated heterocycles. The second kappa shape index (κ2) is 7.94. The molecule has 134 valence electrons. The molecule has 0 aliphatic carbocycles. The summed E-state index contributed by atoms with van der Waals surface area (Å²) < 4.78 is 12.0. The molecule has 1 fully saturated rings. The molecule has 2 heterocycles. The Balaban J connectivity index is 1.63. The van der Waals surface area contributed by atoms with Crippen molar-refractivity contribution in [1.29, 1.82) is 0 Å². The van der Waals surface area contributed by atoms with Crippen LogP contribution in [0.5, 0.6) is 5.75 Å². The lowest BCUT2D eigenvalue weighted by Crippen LogP contribution is -2.22. The molecule has 26 heavy (non-hydrogen) atoms. The monoisotopic (exact) mass is 368 g/mol. The zero-order valence-corrected chi connectivity index (χ0v) is 15.2. The van der Waals surface area contributed by atoms with Gasteiger partial charge in [-0.25, -0.2) is 4.98 Å². The molecule has 3 aromatic rings. The third-order valence-corrected chi connectivity index (χ3v) is 4.97. The Labute approximate surface area is 158 Å². The van der Waals surface area contributed by atoms with Crippen LogP contribution in [0.3, 0.4) is 0 Å². The van der Waals surface area contributed by atoms with Gasteiger partial charge in [-0.1, -0.05) is 41.9 Å². The summed E-state index contributed by atoms with van der Waals surface area (Å²) in [7, 11) is 0. The van der Waals surface area contributed by atoms with Gasteiger partial charge in [0.1, 0.15) is 12.0 Å². The minimum Gasteiger partial charge on any atom is -0.480 e. The lowest BCUT2D eigenvalue weighted by Gasteiger charge is -2.23. The van der Waals surface area contributed by atoms with E-state index in [-0.39, 0.29) is 6.10 Å². The molecule has 1 aliphatic rings. The molecule has 2 atom stereocenters. The van der Waals surface area contributed by atoms with Crippen LogP contribution in [0.2, 0.25) is 5.02 Å². The Morgan fingerprint density at radius 1 is 1.23 bits per heavy atom. The number of oxazole rings is 1. The normalized spacial score (nSPS) is 18.0. The molecule has 0 amide bonds. The van der Waals surface area contributed by atoms with Crippen LogP contribution in [-0.4, -0.2) is 18.1 Å². The first-order valence-corrected chi connectivity index (χ1v) is 9.26. The zero-order chi connectivity index (χ0) is 17.8. The summed E-state index contributed by atoms with van der Waals surface area (Å²) in [5.41, 5.74) is 2.28. The maximum Gasteiger partial charge on any atom is 0.235 e. The summed E-state index contributed by atoms with van der Waals surface area (Å²) in [6.07, 6.45) is 4.85. The largest absolute Gasteiger partial charge is 0.480 e. The van der Waals surface area contributed by atoms with Crippen molar-refractivity contribution in [1.82, 2.24) is 10.3 Å². The molecule has 2 aromatic carbocycles. The number of hydrogen-bond acceptors (Lipinski definition) is 4. The van der Waals surface area contributed by atoms with Crippen LogP contribution in [0.25, 0.3) is 0 Å². The van der Waals surface area contributed by atoms with Crippen molar-refractivity contribution in [2.24, 2.45) is 5.92 Å². The molecule has 1 unspecified atom stereocenters. The van der Waals surface area contributed by atoms with Gasteiger partial charge in [0, 0.05) is 29.5 Å². The van der Waals surface area contributed by atoms with Gasteiger partial charge in [0.15, 0.2) is 6.10 Å². The van der Waals surface area contributed by atoms with Gasteiger partial charge in [0.2, 0.25) is 5.89 Å². The van der Waals surface area contributed by atoms with Crippen molar-refractivity contribution in [2.75, 3.05) is 13.1 Å². The summed E-state index contributed by atoms with van der Waals surface area (Å²) in [6.45, 7) is 1.89. The molecule has 1 N–H and O–H groups in total. The highest BCUT2D eigenvalue weighted by atomic mass is 35.5. The molecular formula is C21H21ClN2O2. The SMILES string of the molecule is Clc1ccc(O[C@H](c2ncco2)C2CCNC2)c(Cc2ccccc2)c1. The van der Waals surface area contributed by atoms with E-state index in [9.17, 15) is 0 Å². The number of nitrogens with zero attached hydrogens (tertiary/aromatic N) is 1. The van der Waals surface area contributed by atoms with E-state index in [4.69, 9.17) is 20.8 Å². The van der Waals surface area contributed by atoms with Gasteiger partial charge in [-0.3, -0.25) is 0 Å². The van der Waals surface area contributed by atoms with Crippen LogP contribution in [0.15, 0.2) is 65.4 Å². The van der Waals surface area contributed by atoms with Crippen LogP contribution in [0.4, 0.5) is 0 Å². The van der Waals surface area contributed by atoms with E-state index in [0.29, 0.717) is 16.8 Å². The highest BCUT2D eigenvalue weighted by molar-refractivity contribution is 6.30. The van der Waals surface area contributed by atoms with Gasteiger partial charge in [-0.15, -0.1) is 0 Å². The van der Waals surface area contributed by atoms with Crippen molar-refractivity contribution in [3.8, 4) is 5.75 Å². The van der Waals surface area contributed by atoms with E-state index in [1.54, 1.807) is 12.5 Å². The van der Waals surface area contributed by atoms with Crippen molar-refractivity contribution in [3.63, 3.8) is 0 Å². The Bertz CT molecular complexity index is 830. The van der Waals surface area contributed by atoms with Crippen molar-refractivity contribution in [2.45, 2.75) is 18.9 Å². The second-order valence-electron chi connectivity index (χ2n) is 6.58. The maximum atomic E-state index is 6.45. The first-order valence-electron chi connectivity index (χ1n) is 8.89. The van der Waals surface area contributed by atoms with Crippen LogP contribution < -0.4 is 10.1 Å². The number of aromatic nitrogens is 1. The molecular weight excluding hydrogens is 348 g/mol. The third kappa shape index (κ3) is 3.92. The van der Waals surface area contributed by atoms with Crippen LogP contribution in [-0.2, 0) is 6.42 Å². The minimum atomic E-state index is -0.212. The van der Waals surface area contributed by atoms with Crippen molar-refractivity contribution >= 4 is 11.6 Å². The average molecular weight is 369 g/mol. The summed E-state index contributed by atoms with van der Waals surface area (Å²) >= 11 is 6.25. The zero-order valence-electron chi connectivity index (χ0n) is 14.4. The summed E-state index contributed by atoms with van der Waals surface area (Å²) in [6, 6.07) is 16.1. The van der Waals surface area contributed by atoms with E-state index < -0.39 is 0 Å².